The Hall–Kier alpha value is -2.94. The zero-order valence-corrected chi connectivity index (χ0v) is 18.7. The van der Waals surface area contributed by atoms with Crippen LogP contribution in [0.3, 0.4) is 0 Å². The maximum Gasteiger partial charge on any atom is 0.243 e. The zero-order valence-electron chi connectivity index (χ0n) is 17.8. The van der Waals surface area contributed by atoms with Gasteiger partial charge in [0.05, 0.1) is 32.8 Å². The molecule has 2 aromatic rings. The number of rotatable bonds is 10. The highest BCUT2D eigenvalue weighted by atomic mass is 32.2. The van der Waals surface area contributed by atoms with Crippen molar-refractivity contribution in [3.05, 3.63) is 48.0 Å². The summed E-state index contributed by atoms with van der Waals surface area (Å²) in [5, 5.41) is 2.78. The summed E-state index contributed by atoms with van der Waals surface area (Å²) in [4.78, 5) is 12.7. The fourth-order valence-electron chi connectivity index (χ4n) is 2.98. The number of anilines is 1. The molecule has 1 amide bonds. The van der Waals surface area contributed by atoms with Gasteiger partial charge >= 0.3 is 0 Å². The van der Waals surface area contributed by atoms with Crippen molar-refractivity contribution in [2.45, 2.75) is 26.4 Å². The summed E-state index contributed by atoms with van der Waals surface area (Å²) < 4.78 is 41.8. The van der Waals surface area contributed by atoms with E-state index in [1.807, 2.05) is 31.2 Å². The van der Waals surface area contributed by atoms with Crippen LogP contribution in [0.5, 0.6) is 17.2 Å². The summed E-state index contributed by atoms with van der Waals surface area (Å²) in [5.41, 5.74) is 1.18. The molecule has 1 N–H and O–H groups in total. The Labute approximate surface area is 177 Å². The van der Waals surface area contributed by atoms with Gasteiger partial charge in [0.25, 0.3) is 0 Å². The summed E-state index contributed by atoms with van der Waals surface area (Å²) in [6.07, 6.45) is 1.06. The molecule has 0 radical (unpaired) electrons. The van der Waals surface area contributed by atoms with Gasteiger partial charge in [-0.1, -0.05) is 12.1 Å². The molecular weight excluding hydrogens is 408 g/mol. The molecule has 0 heterocycles. The van der Waals surface area contributed by atoms with Crippen LogP contribution in [0, 0.1) is 0 Å². The van der Waals surface area contributed by atoms with Gasteiger partial charge in [-0.15, -0.1) is 0 Å². The molecule has 0 aliphatic heterocycles. The number of benzene rings is 2. The minimum absolute atomic E-state index is 0.263. The van der Waals surface area contributed by atoms with Crippen LogP contribution < -0.4 is 23.8 Å². The van der Waals surface area contributed by atoms with E-state index in [-0.39, 0.29) is 6.54 Å². The summed E-state index contributed by atoms with van der Waals surface area (Å²) in [7, 11) is -0.795. The number of amides is 1. The average molecular weight is 437 g/mol. The van der Waals surface area contributed by atoms with E-state index in [1.165, 1.54) is 27.2 Å². The zero-order chi connectivity index (χ0) is 22.3. The molecule has 30 heavy (non-hydrogen) atoms. The van der Waals surface area contributed by atoms with Crippen molar-refractivity contribution < 1.29 is 27.4 Å². The molecule has 0 saturated heterocycles. The van der Waals surface area contributed by atoms with E-state index in [1.54, 1.807) is 12.1 Å². The first kappa shape index (κ1) is 23.3. The number of carbonyl (C=O) groups excluding carboxylic acids is 1. The van der Waals surface area contributed by atoms with Gasteiger partial charge in [-0.3, -0.25) is 9.10 Å². The standard InChI is InChI=1S/C21H28N2O6S/c1-6-29-18-10-7-16(8-11-18)14-22-21(24)15(2)23(30(5,25)26)17-9-12-19(27-3)20(13-17)28-4/h7-13,15H,6,14H2,1-5H3,(H,22,24)/t15-/m1/s1. The largest absolute Gasteiger partial charge is 0.494 e. The highest BCUT2D eigenvalue weighted by Gasteiger charge is 2.29. The van der Waals surface area contributed by atoms with E-state index < -0.39 is 22.0 Å². The van der Waals surface area contributed by atoms with Gasteiger partial charge in [-0.25, -0.2) is 8.42 Å². The Kier molecular flexibility index (Phi) is 7.93. The minimum atomic E-state index is -3.74. The van der Waals surface area contributed by atoms with Crippen LogP contribution in [0.15, 0.2) is 42.5 Å². The smallest absolute Gasteiger partial charge is 0.243 e. The predicted octanol–water partition coefficient (Wildman–Crippen LogP) is 2.57. The van der Waals surface area contributed by atoms with Crippen LogP contribution >= 0.6 is 0 Å². The number of carbonyl (C=O) groups is 1. The van der Waals surface area contributed by atoms with Gasteiger partial charge in [0, 0.05) is 12.6 Å². The first-order valence-corrected chi connectivity index (χ1v) is 11.3. The van der Waals surface area contributed by atoms with E-state index in [0.29, 0.717) is 23.8 Å². The number of nitrogens with zero attached hydrogens (tertiary/aromatic N) is 1. The molecule has 1 atom stereocenters. The average Bonchev–Trinajstić information content (AvgIpc) is 2.72. The molecule has 9 heteroatoms. The second kappa shape index (κ2) is 10.2. The van der Waals surface area contributed by atoms with Crippen LogP contribution in [0.4, 0.5) is 5.69 Å². The van der Waals surface area contributed by atoms with Gasteiger partial charge in [0.1, 0.15) is 11.8 Å². The quantitative estimate of drug-likeness (QED) is 0.615. The third-order valence-corrected chi connectivity index (χ3v) is 5.65. The van der Waals surface area contributed by atoms with Gasteiger partial charge in [0.15, 0.2) is 11.5 Å². The van der Waals surface area contributed by atoms with E-state index in [9.17, 15) is 13.2 Å². The van der Waals surface area contributed by atoms with Crippen molar-refractivity contribution in [1.29, 1.82) is 0 Å². The topological polar surface area (TPSA) is 94.2 Å². The first-order chi connectivity index (χ1) is 14.2. The van der Waals surface area contributed by atoms with Crippen molar-refractivity contribution >= 4 is 21.6 Å². The van der Waals surface area contributed by atoms with Crippen LogP contribution in [0.1, 0.15) is 19.4 Å². The molecule has 8 nitrogen and oxygen atoms in total. The Balaban J connectivity index is 2.18. The number of ether oxygens (including phenoxy) is 3. The van der Waals surface area contributed by atoms with Crippen LogP contribution in [0.25, 0.3) is 0 Å². The summed E-state index contributed by atoms with van der Waals surface area (Å²) in [5.74, 6) is 1.15. The maximum absolute atomic E-state index is 12.7. The first-order valence-electron chi connectivity index (χ1n) is 9.42. The van der Waals surface area contributed by atoms with Crippen LogP contribution in [0.2, 0.25) is 0 Å². The number of nitrogens with one attached hydrogen (secondary N) is 1. The van der Waals surface area contributed by atoms with Gasteiger partial charge in [-0.2, -0.15) is 0 Å². The van der Waals surface area contributed by atoms with Crippen molar-refractivity contribution in [2.75, 3.05) is 31.4 Å². The normalized spacial score (nSPS) is 12.0. The third-order valence-electron chi connectivity index (χ3n) is 4.41. The molecule has 0 aliphatic carbocycles. The molecule has 0 spiro atoms. The van der Waals surface area contributed by atoms with Crippen molar-refractivity contribution in [2.24, 2.45) is 0 Å². The van der Waals surface area contributed by atoms with Crippen molar-refractivity contribution in [3.63, 3.8) is 0 Å². The summed E-state index contributed by atoms with van der Waals surface area (Å²) >= 11 is 0. The summed E-state index contributed by atoms with van der Waals surface area (Å²) in [6.45, 7) is 4.27. The van der Waals surface area contributed by atoms with Gasteiger partial charge in [0.2, 0.25) is 15.9 Å². The fraction of sp³-hybridized carbons (Fsp3) is 0.381. The minimum Gasteiger partial charge on any atom is -0.494 e. The fourth-order valence-corrected chi connectivity index (χ4v) is 4.14. The molecule has 0 saturated carbocycles. The van der Waals surface area contributed by atoms with E-state index >= 15 is 0 Å². The molecule has 2 rings (SSSR count). The maximum atomic E-state index is 12.7. The third kappa shape index (κ3) is 5.79. The molecule has 0 bridgehead atoms. The monoisotopic (exact) mass is 436 g/mol. The van der Waals surface area contributed by atoms with Crippen LogP contribution in [-0.2, 0) is 21.4 Å². The lowest BCUT2D eigenvalue weighted by Gasteiger charge is -2.28. The van der Waals surface area contributed by atoms with Crippen molar-refractivity contribution in [1.82, 2.24) is 5.32 Å². The summed E-state index contributed by atoms with van der Waals surface area (Å²) in [6, 6.07) is 11.0. The SMILES string of the molecule is CCOc1ccc(CNC(=O)[C@@H](C)N(c2ccc(OC)c(OC)c2)S(C)(=O)=O)cc1. The van der Waals surface area contributed by atoms with Gasteiger partial charge in [-0.05, 0) is 43.7 Å². The molecule has 0 fully saturated rings. The second-order valence-electron chi connectivity index (χ2n) is 6.57. The number of sulfonamides is 1. The number of methoxy groups -OCH3 is 2. The predicted molar refractivity (Wildman–Crippen MR) is 116 cm³/mol. The lowest BCUT2D eigenvalue weighted by molar-refractivity contribution is -0.122. The lowest BCUT2D eigenvalue weighted by Crippen LogP contribution is -2.47. The molecule has 0 unspecified atom stereocenters. The highest BCUT2D eigenvalue weighted by molar-refractivity contribution is 7.92. The number of hydrogen-bond donors (Lipinski definition) is 1. The molecule has 0 aliphatic rings. The molecule has 0 aromatic heterocycles. The molecule has 2 aromatic carbocycles. The highest BCUT2D eigenvalue weighted by Crippen LogP contribution is 2.33. The van der Waals surface area contributed by atoms with E-state index in [4.69, 9.17) is 14.2 Å². The molecule has 164 valence electrons. The Morgan fingerprint density at radius 2 is 1.70 bits per heavy atom. The lowest BCUT2D eigenvalue weighted by atomic mass is 10.2. The Bertz CT molecular complexity index is 960. The Morgan fingerprint density at radius 1 is 1.07 bits per heavy atom. The van der Waals surface area contributed by atoms with Crippen LogP contribution in [-0.4, -0.2) is 47.4 Å². The Morgan fingerprint density at radius 3 is 2.23 bits per heavy atom. The van der Waals surface area contributed by atoms with E-state index in [2.05, 4.69) is 5.32 Å². The van der Waals surface area contributed by atoms with Gasteiger partial charge < -0.3 is 19.5 Å². The van der Waals surface area contributed by atoms with Crippen molar-refractivity contribution in [3.8, 4) is 17.2 Å². The van der Waals surface area contributed by atoms with E-state index in [0.717, 1.165) is 21.9 Å². The number of hydrogen-bond acceptors (Lipinski definition) is 6. The molecular formula is C21H28N2O6S. The second-order valence-corrected chi connectivity index (χ2v) is 8.43.